The molecule has 11 heavy (non-hydrogen) atoms. The minimum Gasteiger partial charge on any atom is -0.388 e. The average molecular weight is 159 g/mol. The highest BCUT2D eigenvalue weighted by atomic mass is 16.6. The second-order valence-electron chi connectivity index (χ2n) is 2.84. The van der Waals surface area contributed by atoms with Crippen LogP contribution in [0, 0.1) is 4.91 Å². The van der Waals surface area contributed by atoms with E-state index in [0.717, 1.165) is 0 Å². The van der Waals surface area contributed by atoms with Crippen LogP contribution in [-0.2, 0) is 9.47 Å². The van der Waals surface area contributed by atoms with Crippen LogP contribution in [0.15, 0.2) is 5.18 Å². The molecule has 0 aromatic rings. The minimum absolute atomic E-state index is 0.251. The van der Waals surface area contributed by atoms with Gasteiger partial charge in [0.2, 0.25) is 0 Å². The zero-order chi connectivity index (χ0) is 7.84. The third-order valence-corrected chi connectivity index (χ3v) is 2.14. The number of nitrogens with zero attached hydrogens (tertiary/aromatic N) is 1. The Labute approximate surface area is 63.3 Å². The van der Waals surface area contributed by atoms with E-state index in [2.05, 4.69) is 5.18 Å². The molecule has 0 aliphatic carbocycles. The molecule has 3 unspecified atom stereocenters. The van der Waals surface area contributed by atoms with Gasteiger partial charge in [0.15, 0.2) is 0 Å². The number of rotatable bonds is 1. The Hall–Kier alpha value is -0.520. The fourth-order valence-corrected chi connectivity index (χ4v) is 1.55. The van der Waals surface area contributed by atoms with Gasteiger partial charge in [-0.3, -0.25) is 0 Å². The molecule has 62 valence electrons. The van der Waals surface area contributed by atoms with Gasteiger partial charge in [0.25, 0.3) is 0 Å². The van der Waals surface area contributed by atoms with Crippen LogP contribution >= 0.6 is 0 Å². The number of fused-ring (bicyclic) bond motifs is 1. The number of nitroso groups, excluding NO2 is 1. The molecule has 2 saturated heterocycles. The van der Waals surface area contributed by atoms with Crippen LogP contribution in [0.4, 0.5) is 0 Å². The van der Waals surface area contributed by atoms with E-state index in [9.17, 15) is 10.0 Å². The van der Waals surface area contributed by atoms with E-state index in [1.807, 2.05) is 0 Å². The van der Waals surface area contributed by atoms with Gasteiger partial charge < -0.3 is 14.6 Å². The number of ether oxygens (including phenoxy) is 2. The van der Waals surface area contributed by atoms with Gasteiger partial charge in [0.05, 0.1) is 13.2 Å². The molecule has 2 aliphatic rings. The Balaban J connectivity index is 2.10. The first-order valence-corrected chi connectivity index (χ1v) is 3.56. The number of aliphatic hydroxyl groups excluding tert-OH is 1. The van der Waals surface area contributed by atoms with Crippen molar-refractivity contribution in [2.75, 3.05) is 13.2 Å². The summed E-state index contributed by atoms with van der Waals surface area (Å²) in [5, 5.41) is 12.1. The molecular formula is C6H9NO4. The third-order valence-electron chi connectivity index (χ3n) is 2.14. The maximum atomic E-state index is 10.2. The summed E-state index contributed by atoms with van der Waals surface area (Å²) in [5.74, 6) is 0. The first-order valence-electron chi connectivity index (χ1n) is 3.56. The smallest absolute Gasteiger partial charge is 0.144 e. The molecule has 0 radical (unpaired) electrons. The summed E-state index contributed by atoms with van der Waals surface area (Å²) in [6, 6.07) is -0.433. The average Bonchev–Trinajstić information content (AvgIpc) is 2.53. The maximum Gasteiger partial charge on any atom is 0.144 e. The second-order valence-corrected chi connectivity index (χ2v) is 2.84. The van der Waals surface area contributed by atoms with Crippen molar-refractivity contribution in [1.29, 1.82) is 0 Å². The fraction of sp³-hybridized carbons (Fsp3) is 1.00. The Kier molecular flexibility index (Phi) is 1.63. The van der Waals surface area contributed by atoms with Gasteiger partial charge in [-0.1, -0.05) is 5.18 Å². The molecule has 2 aliphatic heterocycles. The molecule has 0 saturated carbocycles. The first kappa shape index (κ1) is 7.15. The van der Waals surface area contributed by atoms with Gasteiger partial charge in [0.1, 0.15) is 24.4 Å². The van der Waals surface area contributed by atoms with Crippen molar-refractivity contribution in [2.45, 2.75) is 24.4 Å². The van der Waals surface area contributed by atoms with Crippen LogP contribution in [0.5, 0.6) is 0 Å². The van der Waals surface area contributed by atoms with Gasteiger partial charge in [-0.15, -0.1) is 0 Å². The summed E-state index contributed by atoms with van der Waals surface area (Å²) in [5.41, 5.74) is 0. The highest BCUT2D eigenvalue weighted by Crippen LogP contribution is 2.28. The lowest BCUT2D eigenvalue weighted by Crippen LogP contribution is -2.30. The van der Waals surface area contributed by atoms with Crippen LogP contribution in [-0.4, -0.2) is 42.7 Å². The molecule has 0 aromatic heterocycles. The summed E-state index contributed by atoms with van der Waals surface area (Å²) in [4.78, 5) is 10.2. The van der Waals surface area contributed by atoms with E-state index in [4.69, 9.17) is 9.47 Å². The number of hydrogen-bond acceptors (Lipinski definition) is 5. The van der Waals surface area contributed by atoms with Crippen molar-refractivity contribution in [3.05, 3.63) is 4.91 Å². The predicted octanol–water partition coefficient (Wildman–Crippen LogP) is -0.720. The highest BCUT2D eigenvalue weighted by Gasteiger charge is 2.47. The monoisotopic (exact) mass is 159 g/mol. The Morgan fingerprint density at radius 1 is 1.27 bits per heavy atom. The van der Waals surface area contributed by atoms with Gasteiger partial charge in [-0.2, -0.15) is 4.91 Å². The molecule has 2 heterocycles. The van der Waals surface area contributed by atoms with E-state index in [1.165, 1.54) is 0 Å². The molecular weight excluding hydrogens is 150 g/mol. The Morgan fingerprint density at radius 3 is 2.73 bits per heavy atom. The van der Waals surface area contributed by atoms with Crippen molar-refractivity contribution >= 4 is 0 Å². The zero-order valence-corrected chi connectivity index (χ0v) is 5.84. The molecule has 0 amide bonds. The topological polar surface area (TPSA) is 68.1 Å². The maximum absolute atomic E-state index is 10.2. The van der Waals surface area contributed by atoms with E-state index in [-0.39, 0.29) is 25.4 Å². The zero-order valence-electron chi connectivity index (χ0n) is 5.84. The van der Waals surface area contributed by atoms with Crippen LogP contribution < -0.4 is 0 Å². The molecule has 4 atom stereocenters. The van der Waals surface area contributed by atoms with Crippen molar-refractivity contribution in [2.24, 2.45) is 5.18 Å². The van der Waals surface area contributed by atoms with Crippen molar-refractivity contribution in [1.82, 2.24) is 0 Å². The summed E-state index contributed by atoms with van der Waals surface area (Å²) in [7, 11) is 0. The SMILES string of the molecule is O=NC1CO[C@@H]2C(O)COC12. The van der Waals surface area contributed by atoms with E-state index < -0.39 is 12.1 Å². The Bertz CT molecular complexity index is 174. The largest absolute Gasteiger partial charge is 0.388 e. The summed E-state index contributed by atoms with van der Waals surface area (Å²) >= 11 is 0. The lowest BCUT2D eigenvalue weighted by atomic mass is 10.1. The summed E-state index contributed by atoms with van der Waals surface area (Å²) in [6.07, 6.45) is -1.24. The van der Waals surface area contributed by atoms with Gasteiger partial charge in [-0.25, -0.2) is 0 Å². The normalized spacial score (nSPS) is 49.2. The molecule has 0 bridgehead atoms. The first-order chi connectivity index (χ1) is 5.33. The van der Waals surface area contributed by atoms with Gasteiger partial charge in [0, 0.05) is 0 Å². The fourth-order valence-electron chi connectivity index (χ4n) is 1.55. The van der Waals surface area contributed by atoms with Crippen LogP contribution in [0.25, 0.3) is 0 Å². The summed E-state index contributed by atoms with van der Waals surface area (Å²) in [6.45, 7) is 0.525. The molecule has 2 rings (SSSR count). The van der Waals surface area contributed by atoms with Crippen molar-refractivity contribution in [3.8, 4) is 0 Å². The van der Waals surface area contributed by atoms with Crippen molar-refractivity contribution < 1.29 is 14.6 Å². The van der Waals surface area contributed by atoms with E-state index in [0.29, 0.717) is 0 Å². The standard InChI is InChI=1S/C6H9NO4/c8-4-2-11-5-3(7-9)1-10-6(4)5/h3-6,8H,1-2H2/t3?,4?,5?,6-/m1/s1. The molecule has 0 spiro atoms. The molecule has 0 aromatic carbocycles. The number of aliphatic hydroxyl groups is 1. The molecule has 2 fully saturated rings. The Morgan fingerprint density at radius 2 is 2.00 bits per heavy atom. The van der Waals surface area contributed by atoms with Gasteiger partial charge >= 0.3 is 0 Å². The van der Waals surface area contributed by atoms with Crippen molar-refractivity contribution in [3.63, 3.8) is 0 Å². The van der Waals surface area contributed by atoms with Gasteiger partial charge in [-0.05, 0) is 0 Å². The number of hydrogen-bond donors (Lipinski definition) is 1. The molecule has 1 N–H and O–H groups in total. The molecule has 5 nitrogen and oxygen atoms in total. The van der Waals surface area contributed by atoms with E-state index >= 15 is 0 Å². The van der Waals surface area contributed by atoms with Crippen LogP contribution in [0.1, 0.15) is 0 Å². The lowest BCUT2D eigenvalue weighted by Gasteiger charge is -2.08. The van der Waals surface area contributed by atoms with Crippen LogP contribution in [0.3, 0.4) is 0 Å². The molecule has 5 heteroatoms. The highest BCUT2D eigenvalue weighted by molar-refractivity contribution is 4.97. The second kappa shape index (κ2) is 2.51. The minimum atomic E-state index is -0.591. The quantitative estimate of drug-likeness (QED) is 0.512. The van der Waals surface area contributed by atoms with E-state index in [1.54, 1.807) is 0 Å². The van der Waals surface area contributed by atoms with Crippen LogP contribution in [0.2, 0.25) is 0 Å². The predicted molar refractivity (Wildman–Crippen MR) is 35.1 cm³/mol. The third kappa shape index (κ3) is 0.962. The summed E-state index contributed by atoms with van der Waals surface area (Å²) < 4.78 is 10.2. The lowest BCUT2D eigenvalue weighted by molar-refractivity contribution is 0.0182.